The number of aromatic nitrogens is 3. The quantitative estimate of drug-likeness (QED) is 0.590. The lowest BCUT2D eigenvalue weighted by atomic mass is 10.1. The number of nitrogens with zero attached hydrogens (tertiary/aromatic N) is 4. The summed E-state index contributed by atoms with van der Waals surface area (Å²) in [5, 5.41) is 14.6. The number of hydrogen-bond acceptors (Lipinski definition) is 4. The second kappa shape index (κ2) is 7.23. The van der Waals surface area contributed by atoms with Crippen molar-refractivity contribution in [3.8, 4) is 0 Å². The molecular formula is C13H26N6O. The Hall–Kier alpha value is -1.63. The fraction of sp³-hybridized carbons (Fsp3) is 0.769. The predicted molar refractivity (Wildman–Crippen MR) is 79.6 cm³/mol. The fourth-order valence-electron chi connectivity index (χ4n) is 1.45. The SMILES string of the molecule is CCNC(=NCc1nnc(C)n1C)NCC(C)(C)OC. The number of methoxy groups -OCH3 is 1. The second-order valence-electron chi connectivity index (χ2n) is 5.23. The summed E-state index contributed by atoms with van der Waals surface area (Å²) in [5.74, 6) is 2.47. The van der Waals surface area contributed by atoms with Crippen LogP contribution in [0.15, 0.2) is 4.99 Å². The van der Waals surface area contributed by atoms with E-state index in [1.54, 1.807) is 7.11 Å². The van der Waals surface area contributed by atoms with E-state index in [1.165, 1.54) is 0 Å². The monoisotopic (exact) mass is 282 g/mol. The Balaban J connectivity index is 2.65. The van der Waals surface area contributed by atoms with Crippen LogP contribution >= 0.6 is 0 Å². The number of guanidine groups is 1. The summed E-state index contributed by atoms with van der Waals surface area (Å²) in [6.45, 7) is 9.96. The lowest BCUT2D eigenvalue weighted by Crippen LogP contribution is -2.45. The van der Waals surface area contributed by atoms with Crippen molar-refractivity contribution in [2.24, 2.45) is 12.0 Å². The van der Waals surface area contributed by atoms with Gasteiger partial charge < -0.3 is 19.9 Å². The Morgan fingerprint density at radius 2 is 2.05 bits per heavy atom. The van der Waals surface area contributed by atoms with E-state index < -0.39 is 0 Å². The van der Waals surface area contributed by atoms with Crippen molar-refractivity contribution in [2.45, 2.75) is 39.8 Å². The molecule has 7 nitrogen and oxygen atoms in total. The standard InChI is InChI=1S/C13H26N6O/c1-7-14-12(16-9-13(3,4)20-6)15-8-11-18-17-10(2)19(11)5/h7-9H2,1-6H3,(H2,14,15,16). The van der Waals surface area contributed by atoms with E-state index in [2.05, 4.69) is 25.8 Å². The molecule has 114 valence electrons. The minimum Gasteiger partial charge on any atom is -0.377 e. The third kappa shape index (κ3) is 4.80. The van der Waals surface area contributed by atoms with E-state index >= 15 is 0 Å². The van der Waals surface area contributed by atoms with Crippen LogP contribution in [0.2, 0.25) is 0 Å². The molecule has 0 spiro atoms. The van der Waals surface area contributed by atoms with Gasteiger partial charge in [0, 0.05) is 27.2 Å². The van der Waals surface area contributed by atoms with Gasteiger partial charge in [-0.1, -0.05) is 0 Å². The molecule has 0 bridgehead atoms. The molecule has 1 heterocycles. The Kier molecular flexibility index (Phi) is 5.94. The van der Waals surface area contributed by atoms with Crippen LogP contribution in [0.1, 0.15) is 32.4 Å². The Labute approximate surface area is 120 Å². The van der Waals surface area contributed by atoms with E-state index in [9.17, 15) is 0 Å². The molecule has 2 N–H and O–H groups in total. The number of aryl methyl sites for hydroxylation is 1. The van der Waals surface area contributed by atoms with Crippen molar-refractivity contribution in [3.05, 3.63) is 11.6 Å². The van der Waals surface area contributed by atoms with Crippen molar-refractivity contribution in [1.29, 1.82) is 0 Å². The van der Waals surface area contributed by atoms with E-state index in [1.807, 2.05) is 39.3 Å². The zero-order valence-electron chi connectivity index (χ0n) is 13.3. The van der Waals surface area contributed by atoms with Crippen LogP contribution in [-0.4, -0.2) is 46.5 Å². The summed E-state index contributed by atoms with van der Waals surface area (Å²) in [6, 6.07) is 0. The zero-order valence-corrected chi connectivity index (χ0v) is 13.3. The molecule has 1 aromatic heterocycles. The molecule has 0 aliphatic heterocycles. The molecule has 0 atom stereocenters. The van der Waals surface area contributed by atoms with Crippen molar-refractivity contribution in [3.63, 3.8) is 0 Å². The molecule has 0 aliphatic rings. The summed E-state index contributed by atoms with van der Waals surface area (Å²) < 4.78 is 7.32. The van der Waals surface area contributed by atoms with Crippen molar-refractivity contribution < 1.29 is 4.74 Å². The van der Waals surface area contributed by atoms with Gasteiger partial charge in [0.05, 0.1) is 5.60 Å². The first-order chi connectivity index (χ1) is 9.39. The van der Waals surface area contributed by atoms with E-state index in [0.717, 1.165) is 24.2 Å². The van der Waals surface area contributed by atoms with Crippen LogP contribution in [0.5, 0.6) is 0 Å². The number of aliphatic imine (C=N–C) groups is 1. The molecule has 1 rings (SSSR count). The predicted octanol–water partition coefficient (Wildman–Crippen LogP) is 0.604. The highest BCUT2D eigenvalue weighted by molar-refractivity contribution is 5.79. The van der Waals surface area contributed by atoms with Crippen LogP contribution in [-0.2, 0) is 18.3 Å². The summed E-state index contributed by atoms with van der Waals surface area (Å²) in [7, 11) is 3.64. The summed E-state index contributed by atoms with van der Waals surface area (Å²) in [6.07, 6.45) is 0. The maximum Gasteiger partial charge on any atom is 0.191 e. The van der Waals surface area contributed by atoms with Gasteiger partial charge in [-0.2, -0.15) is 0 Å². The third-order valence-electron chi connectivity index (χ3n) is 3.14. The van der Waals surface area contributed by atoms with Crippen LogP contribution in [0, 0.1) is 6.92 Å². The van der Waals surface area contributed by atoms with Crippen molar-refractivity contribution >= 4 is 5.96 Å². The van der Waals surface area contributed by atoms with Crippen molar-refractivity contribution in [2.75, 3.05) is 20.2 Å². The van der Waals surface area contributed by atoms with E-state index in [4.69, 9.17) is 4.74 Å². The van der Waals surface area contributed by atoms with Gasteiger partial charge >= 0.3 is 0 Å². The molecule has 0 aromatic carbocycles. The van der Waals surface area contributed by atoms with Gasteiger partial charge in [-0.05, 0) is 27.7 Å². The zero-order chi connectivity index (χ0) is 15.2. The molecule has 0 radical (unpaired) electrons. The normalized spacial score (nSPS) is 12.6. The van der Waals surface area contributed by atoms with E-state index in [0.29, 0.717) is 13.1 Å². The van der Waals surface area contributed by atoms with Gasteiger partial charge in [-0.25, -0.2) is 4.99 Å². The molecule has 7 heteroatoms. The highest BCUT2D eigenvalue weighted by Gasteiger charge is 2.16. The molecule has 1 aromatic rings. The molecule has 0 saturated heterocycles. The average molecular weight is 282 g/mol. The first-order valence-electron chi connectivity index (χ1n) is 6.82. The van der Waals surface area contributed by atoms with Crippen LogP contribution < -0.4 is 10.6 Å². The van der Waals surface area contributed by atoms with Gasteiger partial charge in [0.1, 0.15) is 12.4 Å². The highest BCUT2D eigenvalue weighted by atomic mass is 16.5. The molecule has 0 saturated carbocycles. The smallest absolute Gasteiger partial charge is 0.191 e. The molecule has 0 aliphatic carbocycles. The van der Waals surface area contributed by atoms with Gasteiger partial charge in [0.2, 0.25) is 0 Å². The molecule has 0 fully saturated rings. The molecular weight excluding hydrogens is 256 g/mol. The largest absolute Gasteiger partial charge is 0.377 e. The van der Waals surface area contributed by atoms with Gasteiger partial charge in [-0.15, -0.1) is 10.2 Å². The van der Waals surface area contributed by atoms with Crippen LogP contribution in [0.25, 0.3) is 0 Å². The molecule has 20 heavy (non-hydrogen) atoms. The third-order valence-corrected chi connectivity index (χ3v) is 3.14. The Bertz CT molecular complexity index is 452. The second-order valence-corrected chi connectivity index (χ2v) is 5.23. The topological polar surface area (TPSA) is 76.4 Å². The number of ether oxygens (including phenoxy) is 1. The minimum absolute atomic E-state index is 0.239. The number of hydrogen-bond donors (Lipinski definition) is 2. The first kappa shape index (κ1) is 16.4. The van der Waals surface area contributed by atoms with Gasteiger partial charge in [-0.3, -0.25) is 0 Å². The van der Waals surface area contributed by atoms with Crippen LogP contribution in [0.4, 0.5) is 0 Å². The summed E-state index contributed by atoms with van der Waals surface area (Å²) >= 11 is 0. The fourth-order valence-corrected chi connectivity index (χ4v) is 1.45. The van der Waals surface area contributed by atoms with Gasteiger partial charge in [0.15, 0.2) is 11.8 Å². The van der Waals surface area contributed by atoms with Crippen molar-refractivity contribution in [1.82, 2.24) is 25.4 Å². The highest BCUT2D eigenvalue weighted by Crippen LogP contribution is 2.04. The lowest BCUT2D eigenvalue weighted by Gasteiger charge is -2.24. The first-order valence-corrected chi connectivity index (χ1v) is 6.82. The van der Waals surface area contributed by atoms with Crippen LogP contribution in [0.3, 0.4) is 0 Å². The lowest BCUT2D eigenvalue weighted by molar-refractivity contribution is 0.0268. The Morgan fingerprint density at radius 1 is 1.35 bits per heavy atom. The molecule has 0 amide bonds. The maximum atomic E-state index is 5.38. The number of rotatable bonds is 6. The minimum atomic E-state index is -0.239. The number of nitrogens with one attached hydrogen (secondary N) is 2. The maximum absolute atomic E-state index is 5.38. The van der Waals surface area contributed by atoms with E-state index in [-0.39, 0.29) is 5.60 Å². The molecule has 0 unspecified atom stereocenters. The average Bonchev–Trinajstić information content (AvgIpc) is 2.73. The summed E-state index contributed by atoms with van der Waals surface area (Å²) in [5.41, 5.74) is -0.239. The Morgan fingerprint density at radius 3 is 2.55 bits per heavy atom. The summed E-state index contributed by atoms with van der Waals surface area (Å²) in [4.78, 5) is 4.51. The van der Waals surface area contributed by atoms with Gasteiger partial charge in [0.25, 0.3) is 0 Å².